The van der Waals surface area contributed by atoms with Crippen LogP contribution in [0.1, 0.15) is 29.8 Å². The Labute approximate surface area is 133 Å². The summed E-state index contributed by atoms with van der Waals surface area (Å²) in [6, 6.07) is 9.41. The lowest BCUT2D eigenvalue weighted by molar-refractivity contribution is 0.0530. The largest absolute Gasteiger partial charge is 0.384 e. The van der Waals surface area contributed by atoms with Crippen molar-refractivity contribution in [2.75, 3.05) is 12.3 Å². The van der Waals surface area contributed by atoms with Crippen molar-refractivity contribution in [3.05, 3.63) is 52.2 Å². The molecule has 0 bridgehead atoms. The maximum absolute atomic E-state index is 12.2. The monoisotopic (exact) mass is 321 g/mol. The minimum Gasteiger partial charge on any atom is -0.384 e. The van der Waals surface area contributed by atoms with Crippen LogP contribution in [0.4, 0.5) is 0 Å². The van der Waals surface area contributed by atoms with Crippen LogP contribution in [0.3, 0.4) is 0 Å². The first-order valence-corrected chi connectivity index (χ1v) is 8.72. The van der Waals surface area contributed by atoms with E-state index in [1.165, 1.54) is 11.3 Å². The molecule has 1 atom stereocenters. The second-order valence-electron chi connectivity index (χ2n) is 4.93. The van der Waals surface area contributed by atoms with Gasteiger partial charge in [-0.15, -0.1) is 11.8 Å². The number of hydrogen-bond donors (Lipinski definition) is 2. The molecule has 2 N–H and O–H groups in total. The van der Waals surface area contributed by atoms with Gasteiger partial charge in [0, 0.05) is 10.5 Å². The molecule has 2 rings (SSSR count). The van der Waals surface area contributed by atoms with Crippen molar-refractivity contribution in [1.82, 2.24) is 5.32 Å². The van der Waals surface area contributed by atoms with Crippen LogP contribution in [0, 0.1) is 0 Å². The quantitative estimate of drug-likeness (QED) is 0.801. The van der Waals surface area contributed by atoms with Gasteiger partial charge in [0.1, 0.15) is 5.60 Å². The SMILES string of the molecule is CCSc1cccc(C(=O)NCC(C)(O)c2ccsc2)c1. The van der Waals surface area contributed by atoms with Crippen molar-refractivity contribution in [3.8, 4) is 0 Å². The highest BCUT2D eigenvalue weighted by molar-refractivity contribution is 7.99. The molecule has 0 spiro atoms. The molecule has 1 heterocycles. The molecule has 1 unspecified atom stereocenters. The van der Waals surface area contributed by atoms with Crippen molar-refractivity contribution in [2.45, 2.75) is 24.3 Å². The van der Waals surface area contributed by atoms with Gasteiger partial charge < -0.3 is 10.4 Å². The average Bonchev–Trinajstić information content (AvgIpc) is 3.00. The van der Waals surface area contributed by atoms with Crippen LogP contribution < -0.4 is 5.32 Å². The highest BCUT2D eigenvalue weighted by atomic mass is 32.2. The molecule has 0 saturated heterocycles. The number of thioether (sulfide) groups is 1. The van der Waals surface area contributed by atoms with E-state index in [1.807, 2.05) is 35.0 Å². The van der Waals surface area contributed by atoms with Gasteiger partial charge in [0.25, 0.3) is 5.91 Å². The zero-order valence-corrected chi connectivity index (χ0v) is 13.8. The van der Waals surface area contributed by atoms with Gasteiger partial charge in [-0.25, -0.2) is 0 Å². The molecule has 1 amide bonds. The van der Waals surface area contributed by atoms with Crippen LogP contribution in [0.25, 0.3) is 0 Å². The van der Waals surface area contributed by atoms with Crippen molar-refractivity contribution >= 4 is 29.0 Å². The molecule has 112 valence electrons. The highest BCUT2D eigenvalue weighted by Crippen LogP contribution is 2.22. The molecule has 0 saturated carbocycles. The number of rotatable bonds is 6. The molecule has 1 aromatic carbocycles. The van der Waals surface area contributed by atoms with E-state index in [0.29, 0.717) is 5.56 Å². The van der Waals surface area contributed by atoms with Gasteiger partial charge in [-0.05, 0) is 53.3 Å². The Bertz CT molecular complexity index is 594. The fraction of sp³-hybridized carbons (Fsp3) is 0.312. The minimum absolute atomic E-state index is 0.163. The Kier molecular flexibility index (Phi) is 5.45. The van der Waals surface area contributed by atoms with Crippen LogP contribution in [0.15, 0.2) is 46.0 Å². The Hall–Kier alpha value is -1.30. The first-order valence-electron chi connectivity index (χ1n) is 6.79. The Morgan fingerprint density at radius 1 is 1.43 bits per heavy atom. The normalized spacial score (nSPS) is 13.7. The fourth-order valence-corrected chi connectivity index (χ4v) is 3.42. The maximum Gasteiger partial charge on any atom is 0.251 e. The number of benzene rings is 1. The van der Waals surface area contributed by atoms with Crippen molar-refractivity contribution in [3.63, 3.8) is 0 Å². The van der Waals surface area contributed by atoms with E-state index < -0.39 is 5.60 Å². The molecule has 3 nitrogen and oxygen atoms in total. The molecule has 0 aliphatic rings. The van der Waals surface area contributed by atoms with E-state index in [1.54, 1.807) is 24.8 Å². The summed E-state index contributed by atoms with van der Waals surface area (Å²) in [6.07, 6.45) is 0. The summed E-state index contributed by atoms with van der Waals surface area (Å²) in [6.45, 7) is 3.97. The molecule has 0 fully saturated rings. The smallest absolute Gasteiger partial charge is 0.251 e. The van der Waals surface area contributed by atoms with Gasteiger partial charge in [0.05, 0.1) is 6.54 Å². The minimum atomic E-state index is -1.05. The van der Waals surface area contributed by atoms with E-state index in [4.69, 9.17) is 0 Å². The third kappa shape index (κ3) is 4.33. The second kappa shape index (κ2) is 7.11. The molecule has 1 aromatic heterocycles. The van der Waals surface area contributed by atoms with E-state index in [9.17, 15) is 9.90 Å². The van der Waals surface area contributed by atoms with Crippen LogP contribution in [0.5, 0.6) is 0 Å². The number of carbonyl (C=O) groups excluding carboxylic acids is 1. The molecule has 0 radical (unpaired) electrons. The van der Waals surface area contributed by atoms with Crippen LogP contribution in [-0.2, 0) is 5.60 Å². The molecular formula is C16H19NO2S2. The van der Waals surface area contributed by atoms with Crippen LogP contribution in [-0.4, -0.2) is 23.3 Å². The predicted molar refractivity (Wildman–Crippen MR) is 89.1 cm³/mol. The first-order chi connectivity index (χ1) is 10.0. The summed E-state index contributed by atoms with van der Waals surface area (Å²) in [7, 11) is 0. The average molecular weight is 321 g/mol. The Balaban J connectivity index is 2.00. The lowest BCUT2D eigenvalue weighted by Gasteiger charge is -2.22. The van der Waals surface area contributed by atoms with Gasteiger partial charge in [-0.2, -0.15) is 11.3 Å². The molecule has 21 heavy (non-hydrogen) atoms. The summed E-state index contributed by atoms with van der Waals surface area (Å²) in [5, 5.41) is 17.0. The molecule has 2 aromatic rings. The van der Waals surface area contributed by atoms with Gasteiger partial charge in [-0.1, -0.05) is 13.0 Å². The van der Waals surface area contributed by atoms with Crippen molar-refractivity contribution < 1.29 is 9.90 Å². The third-order valence-corrected chi connectivity index (χ3v) is 4.70. The van der Waals surface area contributed by atoms with Gasteiger partial charge in [0.2, 0.25) is 0 Å². The zero-order chi connectivity index (χ0) is 15.3. The van der Waals surface area contributed by atoms with Crippen molar-refractivity contribution in [2.24, 2.45) is 0 Å². The number of carbonyl (C=O) groups is 1. The standard InChI is InChI=1S/C16H19NO2S2/c1-3-21-14-6-4-5-12(9-14)15(18)17-11-16(2,19)13-7-8-20-10-13/h4-10,19H,3,11H2,1-2H3,(H,17,18). The maximum atomic E-state index is 12.2. The molecule has 0 aliphatic heterocycles. The number of thiophene rings is 1. The topological polar surface area (TPSA) is 49.3 Å². The van der Waals surface area contributed by atoms with E-state index in [-0.39, 0.29) is 12.5 Å². The van der Waals surface area contributed by atoms with Gasteiger partial charge in [0.15, 0.2) is 0 Å². The molecular weight excluding hydrogens is 302 g/mol. The second-order valence-corrected chi connectivity index (χ2v) is 7.05. The van der Waals surface area contributed by atoms with Gasteiger partial charge >= 0.3 is 0 Å². The summed E-state index contributed by atoms with van der Waals surface area (Å²) in [5.74, 6) is 0.807. The predicted octanol–water partition coefficient (Wildman–Crippen LogP) is 3.50. The molecule has 5 heteroatoms. The third-order valence-electron chi connectivity index (χ3n) is 3.14. The van der Waals surface area contributed by atoms with Crippen LogP contribution >= 0.6 is 23.1 Å². The van der Waals surface area contributed by atoms with Crippen LogP contribution in [0.2, 0.25) is 0 Å². The summed E-state index contributed by atoms with van der Waals surface area (Å²) < 4.78 is 0. The van der Waals surface area contributed by atoms with E-state index >= 15 is 0 Å². The Morgan fingerprint density at radius 3 is 2.90 bits per heavy atom. The number of nitrogens with one attached hydrogen (secondary N) is 1. The lowest BCUT2D eigenvalue weighted by Crippen LogP contribution is -2.38. The molecule has 0 aliphatic carbocycles. The number of amides is 1. The van der Waals surface area contributed by atoms with Crippen molar-refractivity contribution in [1.29, 1.82) is 0 Å². The number of hydrogen-bond acceptors (Lipinski definition) is 4. The zero-order valence-electron chi connectivity index (χ0n) is 12.1. The van der Waals surface area contributed by atoms with E-state index in [0.717, 1.165) is 16.2 Å². The summed E-state index contributed by atoms with van der Waals surface area (Å²) in [4.78, 5) is 13.3. The highest BCUT2D eigenvalue weighted by Gasteiger charge is 2.24. The van der Waals surface area contributed by atoms with E-state index in [2.05, 4.69) is 12.2 Å². The Morgan fingerprint density at radius 2 is 2.24 bits per heavy atom. The first kappa shape index (κ1) is 16.1. The number of aliphatic hydroxyl groups is 1. The summed E-state index contributed by atoms with van der Waals surface area (Å²) >= 11 is 3.23. The lowest BCUT2D eigenvalue weighted by atomic mass is 9.99. The van der Waals surface area contributed by atoms with Gasteiger partial charge in [-0.3, -0.25) is 4.79 Å². The summed E-state index contributed by atoms with van der Waals surface area (Å²) in [5.41, 5.74) is 0.392. The fourth-order valence-electron chi connectivity index (χ4n) is 1.92.